The van der Waals surface area contributed by atoms with E-state index in [-0.39, 0.29) is 6.07 Å². The quantitative estimate of drug-likeness (QED) is 0.356. The number of hydrogen-bond acceptors (Lipinski definition) is 4. The van der Waals surface area contributed by atoms with E-state index in [2.05, 4.69) is 14.7 Å². The zero-order valence-corrected chi connectivity index (χ0v) is 16.5. The highest BCUT2D eigenvalue weighted by atomic mass is 32.2. The molecule has 29 heavy (non-hydrogen) atoms. The standard InChI is InChI=1S/C17H12F5N3OS.C2H6/c1-26-15-3-2-4-23-16(15)14-5-9(8-24-14)27-25-13-7-11(18)10(6-12(13)19)17(20,21)22;1-2/h2-8,24-25H,1H3;1-2H3. The second kappa shape index (κ2) is 9.64. The third-order valence-corrected chi connectivity index (χ3v) is 4.34. The highest BCUT2D eigenvalue weighted by Crippen LogP contribution is 2.35. The van der Waals surface area contributed by atoms with Crippen molar-refractivity contribution < 1.29 is 26.7 Å². The first-order valence-electron chi connectivity index (χ1n) is 8.46. The molecule has 2 heterocycles. The molecule has 3 rings (SSSR count). The van der Waals surface area contributed by atoms with Crippen molar-refractivity contribution in [1.82, 2.24) is 9.97 Å². The summed E-state index contributed by atoms with van der Waals surface area (Å²) in [4.78, 5) is 7.76. The number of aromatic nitrogens is 2. The lowest BCUT2D eigenvalue weighted by atomic mass is 10.2. The van der Waals surface area contributed by atoms with Gasteiger partial charge in [-0.1, -0.05) is 13.8 Å². The van der Waals surface area contributed by atoms with E-state index in [1.54, 1.807) is 30.6 Å². The van der Waals surface area contributed by atoms with Crippen LogP contribution in [-0.2, 0) is 6.18 Å². The summed E-state index contributed by atoms with van der Waals surface area (Å²) < 4.78 is 72.9. The molecule has 0 spiro atoms. The van der Waals surface area contributed by atoms with Crippen molar-refractivity contribution in [3.05, 3.63) is 59.9 Å². The van der Waals surface area contributed by atoms with Gasteiger partial charge in [-0.05, 0) is 36.2 Å². The fourth-order valence-electron chi connectivity index (χ4n) is 2.28. The van der Waals surface area contributed by atoms with E-state index < -0.39 is 29.1 Å². The maximum Gasteiger partial charge on any atom is 0.419 e. The summed E-state index contributed by atoms with van der Waals surface area (Å²) >= 11 is 0.901. The topological polar surface area (TPSA) is 49.9 Å². The van der Waals surface area contributed by atoms with E-state index in [0.717, 1.165) is 11.9 Å². The highest BCUT2D eigenvalue weighted by molar-refractivity contribution is 8.00. The van der Waals surface area contributed by atoms with Crippen molar-refractivity contribution in [1.29, 1.82) is 0 Å². The lowest BCUT2D eigenvalue weighted by Gasteiger charge is -2.11. The monoisotopic (exact) mass is 431 g/mol. The molecule has 156 valence electrons. The van der Waals surface area contributed by atoms with Crippen molar-refractivity contribution >= 4 is 17.6 Å². The predicted molar refractivity (Wildman–Crippen MR) is 103 cm³/mol. The molecule has 3 aromatic rings. The Balaban J connectivity index is 0.00000145. The number of pyridine rings is 1. The minimum Gasteiger partial charge on any atom is -0.494 e. The SMILES string of the molecule is CC.COc1cccnc1-c1cc(SNc2cc(F)c(C(F)(F)F)cc2F)c[nH]1. The Morgan fingerprint density at radius 1 is 1.10 bits per heavy atom. The smallest absolute Gasteiger partial charge is 0.419 e. The lowest BCUT2D eigenvalue weighted by molar-refractivity contribution is -0.140. The Bertz CT molecular complexity index is 959. The van der Waals surface area contributed by atoms with Crippen molar-refractivity contribution in [2.45, 2.75) is 24.9 Å². The minimum atomic E-state index is -4.96. The van der Waals surface area contributed by atoms with Crippen LogP contribution in [-0.4, -0.2) is 17.1 Å². The third kappa shape index (κ3) is 5.41. The summed E-state index contributed by atoms with van der Waals surface area (Å²) in [7, 11) is 1.50. The molecule has 10 heteroatoms. The maximum absolute atomic E-state index is 13.9. The van der Waals surface area contributed by atoms with E-state index in [4.69, 9.17) is 4.74 Å². The largest absolute Gasteiger partial charge is 0.494 e. The van der Waals surface area contributed by atoms with Gasteiger partial charge < -0.3 is 14.4 Å². The van der Waals surface area contributed by atoms with Gasteiger partial charge in [-0.3, -0.25) is 4.98 Å². The van der Waals surface area contributed by atoms with Gasteiger partial charge in [0.25, 0.3) is 0 Å². The van der Waals surface area contributed by atoms with Crippen LogP contribution in [0.25, 0.3) is 11.4 Å². The van der Waals surface area contributed by atoms with Gasteiger partial charge in [0.15, 0.2) is 0 Å². The summed E-state index contributed by atoms with van der Waals surface area (Å²) in [6.45, 7) is 4.00. The molecular weight excluding hydrogens is 413 g/mol. The molecule has 0 saturated heterocycles. The van der Waals surface area contributed by atoms with Crippen molar-refractivity contribution in [3.8, 4) is 17.1 Å². The summed E-state index contributed by atoms with van der Waals surface area (Å²) in [5, 5.41) is 0. The van der Waals surface area contributed by atoms with E-state index in [9.17, 15) is 22.0 Å². The van der Waals surface area contributed by atoms with Gasteiger partial charge in [-0.25, -0.2) is 8.78 Å². The number of aromatic amines is 1. The number of alkyl halides is 3. The number of benzene rings is 1. The van der Waals surface area contributed by atoms with Gasteiger partial charge in [0.1, 0.15) is 23.1 Å². The van der Waals surface area contributed by atoms with Crippen LogP contribution >= 0.6 is 11.9 Å². The molecule has 2 N–H and O–H groups in total. The van der Waals surface area contributed by atoms with Crippen LogP contribution in [0, 0.1) is 11.6 Å². The van der Waals surface area contributed by atoms with Gasteiger partial charge >= 0.3 is 6.18 Å². The number of hydrogen-bond donors (Lipinski definition) is 2. The van der Waals surface area contributed by atoms with Crippen molar-refractivity contribution in [2.24, 2.45) is 0 Å². The molecule has 0 fully saturated rings. The number of ether oxygens (including phenoxy) is 1. The second-order valence-electron chi connectivity index (χ2n) is 5.32. The highest BCUT2D eigenvalue weighted by Gasteiger charge is 2.35. The zero-order chi connectivity index (χ0) is 21.6. The first-order valence-corrected chi connectivity index (χ1v) is 9.28. The Labute approximate surface area is 168 Å². The predicted octanol–water partition coefficient (Wildman–Crippen LogP) is 6.53. The van der Waals surface area contributed by atoms with Crippen molar-refractivity contribution in [2.75, 3.05) is 11.8 Å². The number of rotatable bonds is 5. The Morgan fingerprint density at radius 3 is 2.48 bits per heavy atom. The molecule has 0 aliphatic rings. The molecule has 0 aliphatic heterocycles. The summed E-state index contributed by atoms with van der Waals surface area (Å²) in [5.74, 6) is -2.22. The van der Waals surface area contributed by atoms with Crippen LogP contribution in [0.1, 0.15) is 19.4 Å². The average Bonchev–Trinajstić information content (AvgIpc) is 3.17. The number of methoxy groups -OCH3 is 1. The van der Waals surface area contributed by atoms with Crippen LogP contribution in [0.5, 0.6) is 5.75 Å². The number of H-pyrrole nitrogens is 1. The zero-order valence-electron chi connectivity index (χ0n) is 15.7. The van der Waals surface area contributed by atoms with Gasteiger partial charge in [0.2, 0.25) is 0 Å². The molecule has 1 aromatic carbocycles. The van der Waals surface area contributed by atoms with Crippen molar-refractivity contribution in [3.63, 3.8) is 0 Å². The van der Waals surface area contributed by atoms with Gasteiger partial charge in [-0.2, -0.15) is 13.2 Å². The molecule has 0 amide bonds. The van der Waals surface area contributed by atoms with Gasteiger partial charge in [0.05, 0.1) is 24.1 Å². The minimum absolute atomic E-state index is 0.125. The third-order valence-electron chi connectivity index (χ3n) is 3.54. The lowest BCUT2D eigenvalue weighted by Crippen LogP contribution is -2.09. The Hall–Kier alpha value is -2.75. The fraction of sp³-hybridized carbons (Fsp3) is 0.211. The van der Waals surface area contributed by atoms with Gasteiger partial charge in [0, 0.05) is 23.4 Å². The molecule has 0 radical (unpaired) electrons. The molecule has 2 aromatic heterocycles. The van der Waals surface area contributed by atoms with Crippen LogP contribution in [0.15, 0.2) is 47.6 Å². The maximum atomic E-state index is 13.9. The van der Waals surface area contributed by atoms with Gasteiger partial charge in [-0.15, -0.1) is 0 Å². The average molecular weight is 431 g/mol. The number of nitrogens with one attached hydrogen (secondary N) is 2. The first kappa shape index (κ1) is 22.5. The normalized spacial score (nSPS) is 10.9. The molecular formula is C19H18F5N3OS. The summed E-state index contributed by atoms with van der Waals surface area (Å²) in [6, 6.07) is 5.72. The van der Waals surface area contributed by atoms with Crippen LogP contribution in [0.2, 0.25) is 0 Å². The van der Waals surface area contributed by atoms with Crippen LogP contribution in [0.3, 0.4) is 0 Å². The first-order chi connectivity index (χ1) is 13.8. The molecule has 4 nitrogen and oxygen atoms in total. The fourth-order valence-corrected chi connectivity index (χ4v) is 2.96. The second-order valence-corrected chi connectivity index (χ2v) is 6.20. The van der Waals surface area contributed by atoms with E-state index in [1.165, 1.54) is 7.11 Å². The molecule has 0 aliphatic carbocycles. The summed E-state index contributed by atoms with van der Waals surface area (Å²) in [6.07, 6.45) is -1.79. The molecule has 0 unspecified atom stereocenters. The molecule has 0 atom stereocenters. The van der Waals surface area contributed by atoms with E-state index in [0.29, 0.717) is 28.1 Å². The van der Waals surface area contributed by atoms with Crippen LogP contribution < -0.4 is 9.46 Å². The summed E-state index contributed by atoms with van der Waals surface area (Å²) in [5.41, 5.74) is -0.875. The van der Waals surface area contributed by atoms with Crippen LogP contribution in [0.4, 0.5) is 27.6 Å². The van der Waals surface area contributed by atoms with E-state index in [1.807, 2.05) is 13.8 Å². The Morgan fingerprint density at radius 2 is 1.83 bits per heavy atom. The molecule has 0 bridgehead atoms. The number of anilines is 1. The number of nitrogens with zero attached hydrogens (tertiary/aromatic N) is 1. The Kier molecular flexibility index (Phi) is 7.49. The van der Waals surface area contributed by atoms with E-state index >= 15 is 0 Å². The molecule has 0 saturated carbocycles. The number of halogens is 5.